The quantitative estimate of drug-likeness (QED) is 0.308. The van der Waals surface area contributed by atoms with Gasteiger partial charge in [0.15, 0.2) is 5.78 Å². The number of phenols is 1. The third-order valence-electron chi connectivity index (χ3n) is 4.94. The number of aromatic carboxylic acids is 1. The summed E-state index contributed by atoms with van der Waals surface area (Å²) >= 11 is 0. The van der Waals surface area contributed by atoms with E-state index in [0.29, 0.717) is 0 Å². The van der Waals surface area contributed by atoms with E-state index < -0.39 is 11.8 Å². The van der Waals surface area contributed by atoms with E-state index in [1.165, 1.54) is 24.3 Å². The lowest BCUT2D eigenvalue weighted by molar-refractivity contribution is 0.0697. The molecule has 3 aromatic carbocycles. The van der Waals surface area contributed by atoms with Crippen molar-refractivity contribution in [2.24, 2.45) is 0 Å². The fourth-order valence-corrected chi connectivity index (χ4v) is 3.20. The van der Waals surface area contributed by atoms with Crippen LogP contribution < -0.4 is 0 Å². The molecule has 5 heteroatoms. The minimum Gasteiger partial charge on any atom is -0.507 e. The zero-order valence-corrected chi connectivity index (χ0v) is 17.0. The molecule has 156 valence electrons. The highest BCUT2D eigenvalue weighted by atomic mass is 16.4. The number of hydrogen-bond donors (Lipinski definition) is 2. The number of rotatable bonds is 6. The van der Waals surface area contributed by atoms with Gasteiger partial charge in [-0.05, 0) is 53.6 Å². The first-order valence-corrected chi connectivity index (χ1v) is 9.92. The van der Waals surface area contributed by atoms with Crippen molar-refractivity contribution in [3.63, 3.8) is 0 Å². The number of benzene rings is 3. The van der Waals surface area contributed by atoms with Crippen LogP contribution in [0.25, 0.3) is 29.1 Å². The zero-order chi connectivity index (χ0) is 22.5. The number of carbonyl (C=O) groups is 2. The third-order valence-corrected chi connectivity index (χ3v) is 4.94. The lowest BCUT2D eigenvalue weighted by Gasteiger charge is -2.02. The van der Waals surface area contributed by atoms with Crippen LogP contribution in [0.4, 0.5) is 0 Å². The number of fused-ring (bicyclic) bond motifs is 1. The zero-order valence-electron chi connectivity index (χ0n) is 17.0. The maximum Gasteiger partial charge on any atom is 0.335 e. The molecule has 0 fully saturated rings. The van der Waals surface area contributed by atoms with Gasteiger partial charge in [-0.3, -0.25) is 4.79 Å². The van der Waals surface area contributed by atoms with Crippen LogP contribution in [0, 0.1) is 0 Å². The topological polar surface area (TPSA) is 87.5 Å². The third kappa shape index (κ3) is 4.79. The molecule has 4 aromatic rings. The molecule has 0 bridgehead atoms. The van der Waals surface area contributed by atoms with Crippen LogP contribution >= 0.6 is 0 Å². The fourth-order valence-electron chi connectivity index (χ4n) is 3.20. The monoisotopic (exact) mass is 421 g/mol. The van der Waals surface area contributed by atoms with Crippen LogP contribution in [0.3, 0.4) is 0 Å². The van der Waals surface area contributed by atoms with E-state index in [1.807, 2.05) is 72.8 Å². The molecule has 0 radical (unpaired) electrons. The van der Waals surface area contributed by atoms with Gasteiger partial charge < -0.3 is 10.2 Å². The highest BCUT2D eigenvalue weighted by molar-refractivity contribution is 6.09. The number of aromatic nitrogens is 1. The number of phenolic OH excluding ortho intramolecular Hbond substituents is 1. The molecule has 2 N–H and O–H groups in total. The number of ketones is 1. The summed E-state index contributed by atoms with van der Waals surface area (Å²) in [6.07, 6.45) is 6.84. The Kier molecular flexibility index (Phi) is 5.90. The second kappa shape index (κ2) is 9.10. The Labute approximate surface area is 184 Å². The summed E-state index contributed by atoms with van der Waals surface area (Å²) in [5.74, 6) is -1.89. The lowest BCUT2D eigenvalue weighted by Crippen LogP contribution is -2.01. The van der Waals surface area contributed by atoms with Gasteiger partial charge in [-0.1, -0.05) is 60.7 Å². The molecule has 0 amide bonds. The van der Waals surface area contributed by atoms with Gasteiger partial charge >= 0.3 is 5.97 Å². The predicted molar refractivity (Wildman–Crippen MR) is 126 cm³/mol. The van der Waals surface area contributed by atoms with Gasteiger partial charge in [0.1, 0.15) is 5.75 Å². The molecule has 0 saturated carbocycles. The van der Waals surface area contributed by atoms with E-state index in [0.717, 1.165) is 27.7 Å². The van der Waals surface area contributed by atoms with Crippen LogP contribution in [-0.2, 0) is 0 Å². The van der Waals surface area contributed by atoms with Crippen molar-refractivity contribution in [1.82, 2.24) is 4.98 Å². The molecule has 0 saturated heterocycles. The normalized spacial score (nSPS) is 11.4. The molecule has 1 heterocycles. The minimum absolute atomic E-state index is 0.0522. The summed E-state index contributed by atoms with van der Waals surface area (Å²) in [6, 6.07) is 23.1. The summed E-state index contributed by atoms with van der Waals surface area (Å²) in [5, 5.41) is 20.0. The van der Waals surface area contributed by atoms with Crippen molar-refractivity contribution in [2.45, 2.75) is 0 Å². The molecular formula is C27H19NO4. The number of carbonyl (C=O) groups excluding carboxylic acids is 1. The minimum atomic E-state index is -1.16. The van der Waals surface area contributed by atoms with E-state index in [2.05, 4.69) is 4.98 Å². The number of pyridine rings is 1. The van der Waals surface area contributed by atoms with Crippen molar-refractivity contribution < 1.29 is 19.8 Å². The van der Waals surface area contributed by atoms with E-state index in [1.54, 1.807) is 6.08 Å². The molecule has 0 spiro atoms. The first-order valence-electron chi connectivity index (χ1n) is 9.92. The standard InChI is InChI=1S/C27H19NO4/c29-25(23-17-21(27(31)32)12-16-26(23)30)15-10-19-7-5-18(6-8-19)9-13-22-14-11-20-3-1-2-4-24(20)28-22/h1-17,30H,(H,31,32). The van der Waals surface area contributed by atoms with Gasteiger partial charge in [0, 0.05) is 5.39 Å². The van der Waals surface area contributed by atoms with Gasteiger partial charge in [0.2, 0.25) is 0 Å². The van der Waals surface area contributed by atoms with Crippen LogP contribution in [0.15, 0.2) is 84.9 Å². The highest BCUT2D eigenvalue weighted by Crippen LogP contribution is 2.20. The SMILES string of the molecule is O=C(O)c1ccc(O)c(C(=O)C=Cc2ccc(C=Cc3ccc4ccccc4n3)cc2)c1. The average Bonchev–Trinajstić information content (AvgIpc) is 2.82. The Bertz CT molecular complexity index is 1370. The Morgan fingerprint density at radius 2 is 1.50 bits per heavy atom. The second-order valence-corrected chi connectivity index (χ2v) is 7.16. The van der Waals surface area contributed by atoms with Gasteiger partial charge in [-0.15, -0.1) is 0 Å². The Morgan fingerprint density at radius 3 is 2.25 bits per heavy atom. The largest absolute Gasteiger partial charge is 0.507 e. The molecule has 0 aliphatic carbocycles. The molecule has 0 aliphatic heterocycles. The number of allylic oxidation sites excluding steroid dienone is 1. The van der Waals surface area contributed by atoms with E-state index in [-0.39, 0.29) is 16.9 Å². The van der Waals surface area contributed by atoms with Crippen LogP contribution in [0.5, 0.6) is 5.75 Å². The number of para-hydroxylation sites is 1. The first-order chi connectivity index (χ1) is 15.5. The summed E-state index contributed by atoms with van der Waals surface area (Å²) in [5.41, 5.74) is 3.48. The van der Waals surface area contributed by atoms with Crippen molar-refractivity contribution in [1.29, 1.82) is 0 Å². The molecule has 0 unspecified atom stereocenters. The summed E-state index contributed by atoms with van der Waals surface area (Å²) < 4.78 is 0. The maximum absolute atomic E-state index is 12.4. The molecule has 5 nitrogen and oxygen atoms in total. The lowest BCUT2D eigenvalue weighted by atomic mass is 10.0. The van der Waals surface area contributed by atoms with E-state index in [4.69, 9.17) is 5.11 Å². The molecule has 1 aromatic heterocycles. The predicted octanol–water partition coefficient (Wildman–Crippen LogP) is 5.71. The number of carboxylic acids is 1. The Balaban J connectivity index is 1.46. The molecular weight excluding hydrogens is 402 g/mol. The maximum atomic E-state index is 12.4. The number of aromatic hydroxyl groups is 1. The molecule has 0 atom stereocenters. The number of carboxylic acid groups (broad SMARTS) is 1. The molecule has 32 heavy (non-hydrogen) atoms. The first kappa shape index (κ1) is 20.8. The van der Waals surface area contributed by atoms with Crippen LogP contribution in [-0.4, -0.2) is 26.9 Å². The molecule has 4 rings (SSSR count). The fraction of sp³-hybridized carbons (Fsp3) is 0. The highest BCUT2D eigenvalue weighted by Gasteiger charge is 2.12. The van der Waals surface area contributed by atoms with Gasteiger partial charge in [-0.25, -0.2) is 9.78 Å². The smallest absolute Gasteiger partial charge is 0.335 e. The Morgan fingerprint density at radius 1 is 0.781 bits per heavy atom. The molecule has 0 aliphatic rings. The van der Waals surface area contributed by atoms with Gasteiger partial charge in [0.25, 0.3) is 0 Å². The van der Waals surface area contributed by atoms with Crippen molar-refractivity contribution in [3.8, 4) is 5.75 Å². The van der Waals surface area contributed by atoms with Gasteiger partial charge in [0.05, 0.1) is 22.3 Å². The van der Waals surface area contributed by atoms with E-state index >= 15 is 0 Å². The average molecular weight is 421 g/mol. The van der Waals surface area contributed by atoms with Crippen LogP contribution in [0.2, 0.25) is 0 Å². The summed E-state index contributed by atoms with van der Waals surface area (Å²) in [7, 11) is 0. The van der Waals surface area contributed by atoms with Crippen molar-refractivity contribution >= 4 is 40.9 Å². The second-order valence-electron chi connectivity index (χ2n) is 7.16. The summed E-state index contributed by atoms with van der Waals surface area (Å²) in [4.78, 5) is 28.1. The van der Waals surface area contributed by atoms with Crippen LogP contribution in [0.1, 0.15) is 37.5 Å². The number of hydrogen-bond acceptors (Lipinski definition) is 4. The van der Waals surface area contributed by atoms with Gasteiger partial charge in [-0.2, -0.15) is 0 Å². The van der Waals surface area contributed by atoms with Crippen molar-refractivity contribution in [2.75, 3.05) is 0 Å². The number of nitrogens with zero attached hydrogens (tertiary/aromatic N) is 1. The van der Waals surface area contributed by atoms with Crippen molar-refractivity contribution in [3.05, 3.63) is 113 Å². The summed E-state index contributed by atoms with van der Waals surface area (Å²) in [6.45, 7) is 0. The van der Waals surface area contributed by atoms with E-state index in [9.17, 15) is 14.7 Å². The Hall–Kier alpha value is -4.51.